The lowest BCUT2D eigenvalue weighted by Gasteiger charge is -2.10. The predicted octanol–water partition coefficient (Wildman–Crippen LogP) is 5.02. The summed E-state index contributed by atoms with van der Waals surface area (Å²) in [6, 6.07) is 10.3. The molecule has 0 amide bonds. The van der Waals surface area contributed by atoms with Gasteiger partial charge in [0.05, 0.1) is 24.8 Å². The molecule has 2 aromatic carbocycles. The summed E-state index contributed by atoms with van der Waals surface area (Å²) in [6.45, 7) is 3.84. The van der Waals surface area contributed by atoms with E-state index in [1.807, 2.05) is 42.8 Å². The molecule has 0 saturated heterocycles. The Labute approximate surface area is 192 Å². The summed E-state index contributed by atoms with van der Waals surface area (Å²) in [4.78, 5) is 8.83. The molecule has 4 rings (SSSR count). The number of imidazole rings is 1. The zero-order chi connectivity index (χ0) is 20.5. The van der Waals surface area contributed by atoms with Crippen LogP contribution in [0, 0.1) is 19.7 Å². The first-order chi connectivity index (χ1) is 13.9. The summed E-state index contributed by atoms with van der Waals surface area (Å²) in [5.41, 5.74) is 4.17. The van der Waals surface area contributed by atoms with Crippen LogP contribution in [0.5, 0.6) is 5.75 Å². The minimum atomic E-state index is -0.310. The molecule has 7 nitrogen and oxygen atoms in total. The maximum Gasteiger partial charge on any atom is 0.225 e. The highest BCUT2D eigenvalue weighted by Gasteiger charge is 2.14. The quantitative estimate of drug-likeness (QED) is 0.448. The molecule has 0 aliphatic rings. The number of anilines is 2. The Morgan fingerprint density at radius 3 is 2.52 bits per heavy atom. The van der Waals surface area contributed by atoms with E-state index in [4.69, 9.17) is 4.74 Å². The number of aromatic nitrogens is 5. The van der Waals surface area contributed by atoms with Crippen LogP contribution in [0.3, 0.4) is 0 Å². The normalized spacial score (nSPS) is 10.2. The number of aryl methyl sites for hydroxylation is 3. The number of nitrogens with one attached hydrogen (secondary N) is 1. The van der Waals surface area contributed by atoms with Crippen molar-refractivity contribution in [2.24, 2.45) is 7.05 Å². The molecule has 1 N–H and O–H groups in total. The van der Waals surface area contributed by atoms with Gasteiger partial charge in [-0.05, 0) is 49.7 Å². The van der Waals surface area contributed by atoms with Crippen molar-refractivity contribution in [2.75, 3.05) is 12.4 Å². The second-order valence-corrected chi connectivity index (χ2v) is 6.78. The van der Waals surface area contributed by atoms with Crippen LogP contribution in [0.25, 0.3) is 17.1 Å². The van der Waals surface area contributed by atoms with Gasteiger partial charge in [0.1, 0.15) is 11.6 Å². The van der Waals surface area contributed by atoms with Crippen molar-refractivity contribution in [3.63, 3.8) is 0 Å². The van der Waals surface area contributed by atoms with Gasteiger partial charge in [-0.2, -0.15) is 4.98 Å². The summed E-state index contributed by atoms with van der Waals surface area (Å²) in [5.74, 6) is 1.43. The Hall–Kier alpha value is -3.10. The molecule has 0 bridgehead atoms. The zero-order valence-electron chi connectivity index (χ0n) is 17.5. The topological polar surface area (TPSA) is 69.8 Å². The van der Waals surface area contributed by atoms with E-state index in [-0.39, 0.29) is 30.6 Å². The Morgan fingerprint density at radius 2 is 1.84 bits per heavy atom. The largest absolute Gasteiger partial charge is 0.495 e. The van der Waals surface area contributed by atoms with Crippen molar-refractivity contribution in [1.29, 1.82) is 0 Å². The van der Waals surface area contributed by atoms with Crippen LogP contribution in [0.1, 0.15) is 11.3 Å². The second-order valence-electron chi connectivity index (χ2n) is 6.78. The van der Waals surface area contributed by atoms with E-state index >= 15 is 0 Å². The van der Waals surface area contributed by atoms with Gasteiger partial charge in [-0.1, -0.05) is 6.07 Å². The average molecular weight is 465 g/mol. The number of halogens is 3. The van der Waals surface area contributed by atoms with Gasteiger partial charge in [0.2, 0.25) is 5.95 Å². The fourth-order valence-electron chi connectivity index (χ4n) is 3.05. The summed E-state index contributed by atoms with van der Waals surface area (Å²) >= 11 is 0. The maximum atomic E-state index is 13.6. The molecule has 2 aromatic heterocycles. The van der Waals surface area contributed by atoms with E-state index in [1.165, 1.54) is 12.1 Å². The molecular formula is C21H23Cl2FN6O. The van der Waals surface area contributed by atoms with Crippen LogP contribution in [-0.4, -0.2) is 31.4 Å². The van der Waals surface area contributed by atoms with E-state index in [0.29, 0.717) is 23.2 Å². The van der Waals surface area contributed by atoms with Gasteiger partial charge in [-0.25, -0.2) is 14.1 Å². The molecule has 0 unspecified atom stereocenters. The molecule has 0 radical (unpaired) electrons. The number of rotatable bonds is 5. The van der Waals surface area contributed by atoms with E-state index in [9.17, 15) is 4.39 Å². The first-order valence-corrected chi connectivity index (χ1v) is 9.08. The van der Waals surface area contributed by atoms with Gasteiger partial charge in [0.25, 0.3) is 0 Å². The highest BCUT2D eigenvalue weighted by atomic mass is 35.5. The minimum Gasteiger partial charge on any atom is -0.495 e. The molecule has 0 fully saturated rings. The molecular weight excluding hydrogens is 442 g/mol. The van der Waals surface area contributed by atoms with Gasteiger partial charge < -0.3 is 14.6 Å². The highest BCUT2D eigenvalue weighted by molar-refractivity contribution is 5.85. The SMILES string of the molecule is COc1cc(-c2nc(Nc3cc(F)ccc3C)n(C)n2)ccc1-n1cnc(C)c1.Cl.Cl. The van der Waals surface area contributed by atoms with Gasteiger partial charge in [0.15, 0.2) is 5.82 Å². The Morgan fingerprint density at radius 1 is 1.06 bits per heavy atom. The average Bonchev–Trinajstić information content (AvgIpc) is 3.30. The van der Waals surface area contributed by atoms with Crippen molar-refractivity contribution in [1.82, 2.24) is 24.3 Å². The summed E-state index contributed by atoms with van der Waals surface area (Å²) in [6.07, 6.45) is 3.68. The number of hydrogen-bond acceptors (Lipinski definition) is 5. The monoisotopic (exact) mass is 464 g/mol. The van der Waals surface area contributed by atoms with Gasteiger partial charge in [-0.3, -0.25) is 0 Å². The van der Waals surface area contributed by atoms with Gasteiger partial charge in [-0.15, -0.1) is 29.9 Å². The van der Waals surface area contributed by atoms with Crippen molar-refractivity contribution in [3.05, 3.63) is 66.0 Å². The Kier molecular flexibility index (Phi) is 7.65. The third kappa shape index (κ3) is 4.98. The van der Waals surface area contributed by atoms with Crippen LogP contribution >= 0.6 is 24.8 Å². The lowest BCUT2D eigenvalue weighted by Crippen LogP contribution is -2.01. The fraction of sp³-hybridized carbons (Fsp3) is 0.190. The number of benzene rings is 2. The molecule has 31 heavy (non-hydrogen) atoms. The van der Waals surface area contributed by atoms with Crippen molar-refractivity contribution < 1.29 is 9.13 Å². The smallest absolute Gasteiger partial charge is 0.225 e. The number of hydrogen-bond donors (Lipinski definition) is 1. The third-order valence-electron chi connectivity index (χ3n) is 4.64. The van der Waals surface area contributed by atoms with E-state index < -0.39 is 0 Å². The molecule has 0 aliphatic heterocycles. The number of methoxy groups -OCH3 is 1. The standard InChI is InChI=1S/C21H21FN6O.2ClH/c1-13-5-7-16(22)10-17(13)24-21-25-20(26-27(21)3)15-6-8-18(19(9-15)29-4)28-11-14(2)23-12-28;;/h5-12H,1-4H3,(H,24,25,26);2*1H. The van der Waals surface area contributed by atoms with E-state index in [0.717, 1.165) is 22.5 Å². The molecule has 0 atom stereocenters. The number of nitrogens with zero attached hydrogens (tertiary/aromatic N) is 5. The lowest BCUT2D eigenvalue weighted by molar-refractivity contribution is 0.413. The van der Waals surface area contributed by atoms with Crippen LogP contribution in [0.4, 0.5) is 16.0 Å². The summed E-state index contributed by atoms with van der Waals surface area (Å²) in [7, 11) is 3.41. The maximum absolute atomic E-state index is 13.6. The molecule has 0 saturated carbocycles. The lowest BCUT2D eigenvalue weighted by atomic mass is 10.1. The second kappa shape index (κ2) is 9.80. The van der Waals surface area contributed by atoms with Crippen molar-refractivity contribution in [3.8, 4) is 22.8 Å². The molecule has 2 heterocycles. The minimum absolute atomic E-state index is 0. The van der Waals surface area contributed by atoms with Crippen LogP contribution in [0.15, 0.2) is 48.9 Å². The zero-order valence-corrected chi connectivity index (χ0v) is 19.1. The van der Waals surface area contributed by atoms with Crippen molar-refractivity contribution >= 4 is 36.4 Å². The molecule has 164 valence electrons. The molecule has 4 aromatic rings. The van der Waals surface area contributed by atoms with Gasteiger partial charge >= 0.3 is 0 Å². The fourth-order valence-corrected chi connectivity index (χ4v) is 3.05. The van der Waals surface area contributed by atoms with Gasteiger partial charge in [0, 0.05) is 24.5 Å². The van der Waals surface area contributed by atoms with Crippen molar-refractivity contribution in [2.45, 2.75) is 13.8 Å². The molecule has 10 heteroatoms. The molecule has 0 spiro atoms. The van der Waals surface area contributed by atoms with Crippen LogP contribution in [-0.2, 0) is 7.05 Å². The summed E-state index contributed by atoms with van der Waals surface area (Å²) < 4.78 is 22.7. The van der Waals surface area contributed by atoms with E-state index in [1.54, 1.807) is 31.2 Å². The Balaban J connectivity index is 0.00000171. The first kappa shape index (κ1) is 24.2. The highest BCUT2D eigenvalue weighted by Crippen LogP contribution is 2.29. The first-order valence-electron chi connectivity index (χ1n) is 9.08. The summed E-state index contributed by atoms with van der Waals surface area (Å²) in [5, 5.41) is 7.63. The third-order valence-corrected chi connectivity index (χ3v) is 4.64. The Bertz CT molecular complexity index is 1190. The van der Waals surface area contributed by atoms with Crippen LogP contribution in [0.2, 0.25) is 0 Å². The predicted molar refractivity (Wildman–Crippen MR) is 124 cm³/mol. The van der Waals surface area contributed by atoms with E-state index in [2.05, 4.69) is 20.4 Å². The van der Waals surface area contributed by atoms with Crippen LogP contribution < -0.4 is 10.1 Å². The molecule has 0 aliphatic carbocycles. The number of ether oxygens (including phenoxy) is 1.